The van der Waals surface area contributed by atoms with E-state index >= 15 is 0 Å². The molecule has 2 N–H and O–H groups in total. The first-order chi connectivity index (χ1) is 19.0. The smallest absolute Gasteiger partial charge is 0.262 e. The molecule has 194 valence electrons. The Kier molecular flexibility index (Phi) is 7.18. The maximum Gasteiger partial charge on any atom is 0.262 e. The van der Waals surface area contributed by atoms with Crippen LogP contribution in [0.3, 0.4) is 0 Å². The van der Waals surface area contributed by atoms with Gasteiger partial charge in [-0.1, -0.05) is 54.6 Å². The summed E-state index contributed by atoms with van der Waals surface area (Å²) in [6.07, 6.45) is 1.73. The Hall–Kier alpha value is -5.24. The summed E-state index contributed by atoms with van der Waals surface area (Å²) in [5.41, 5.74) is 2.93. The first kappa shape index (κ1) is 25.4. The van der Waals surface area contributed by atoms with Crippen molar-refractivity contribution in [2.45, 2.75) is 12.5 Å². The average molecular weight is 520 g/mol. The Morgan fingerprint density at radius 2 is 1.56 bits per heavy atom. The van der Waals surface area contributed by atoms with Crippen LogP contribution in [0.2, 0.25) is 0 Å². The Morgan fingerprint density at radius 1 is 0.923 bits per heavy atom. The number of carbonyl (C=O) groups is 3. The van der Waals surface area contributed by atoms with Crippen molar-refractivity contribution in [1.82, 2.24) is 4.90 Å². The molecule has 0 aromatic heterocycles. The number of amides is 3. The van der Waals surface area contributed by atoms with Crippen LogP contribution in [0, 0.1) is 0 Å². The van der Waals surface area contributed by atoms with Crippen LogP contribution in [-0.4, -0.2) is 47.1 Å². The zero-order valence-electron chi connectivity index (χ0n) is 21.1. The number of hydrogen-bond donors (Lipinski definition) is 2. The lowest BCUT2D eigenvalue weighted by Gasteiger charge is -2.26. The highest BCUT2D eigenvalue weighted by Crippen LogP contribution is 2.30. The maximum absolute atomic E-state index is 13.7. The van der Waals surface area contributed by atoms with Crippen LogP contribution in [0.25, 0.3) is 0 Å². The summed E-state index contributed by atoms with van der Waals surface area (Å²) in [4.78, 5) is 45.8. The fourth-order valence-electron chi connectivity index (χ4n) is 4.46. The largest absolute Gasteiger partial charge is 0.504 e. The van der Waals surface area contributed by atoms with E-state index in [0.29, 0.717) is 22.7 Å². The molecule has 0 unspecified atom stereocenters. The van der Waals surface area contributed by atoms with Crippen molar-refractivity contribution < 1.29 is 24.2 Å². The second-order valence-electron chi connectivity index (χ2n) is 8.93. The summed E-state index contributed by atoms with van der Waals surface area (Å²) >= 11 is 0. The Labute approximate surface area is 225 Å². The maximum atomic E-state index is 13.7. The molecule has 0 saturated heterocycles. The highest BCUT2D eigenvalue weighted by atomic mass is 16.5. The first-order valence-corrected chi connectivity index (χ1v) is 12.3. The van der Waals surface area contributed by atoms with Crippen molar-refractivity contribution >= 4 is 35.3 Å². The monoisotopic (exact) mass is 519 g/mol. The molecule has 0 saturated carbocycles. The third-order valence-corrected chi connectivity index (χ3v) is 6.43. The summed E-state index contributed by atoms with van der Waals surface area (Å²) in [6.45, 7) is 0. The number of phenolic OH excluding ortho intramolecular Hbond substituents is 1. The molecule has 5 rings (SSSR count). The summed E-state index contributed by atoms with van der Waals surface area (Å²) < 4.78 is 5.15. The molecule has 4 aromatic carbocycles. The number of aliphatic imine (C=N–C) groups is 1. The van der Waals surface area contributed by atoms with E-state index in [2.05, 4.69) is 10.3 Å². The van der Waals surface area contributed by atoms with Crippen molar-refractivity contribution in [3.63, 3.8) is 0 Å². The number of carbonyl (C=O) groups excluding carboxylic acids is 3. The van der Waals surface area contributed by atoms with Gasteiger partial charge in [0.05, 0.1) is 29.6 Å². The van der Waals surface area contributed by atoms with E-state index in [0.717, 1.165) is 10.5 Å². The molecule has 4 aromatic rings. The minimum absolute atomic E-state index is 0.0138. The number of anilines is 1. The molecular formula is C31H25N3O5. The molecule has 8 nitrogen and oxygen atoms in total. The van der Waals surface area contributed by atoms with Gasteiger partial charge in [-0.15, -0.1) is 0 Å². The lowest BCUT2D eigenvalue weighted by molar-refractivity contribution is -0.119. The predicted octanol–water partition coefficient (Wildman–Crippen LogP) is 5.00. The van der Waals surface area contributed by atoms with Crippen LogP contribution in [0.5, 0.6) is 11.5 Å². The molecule has 0 radical (unpaired) electrons. The van der Waals surface area contributed by atoms with Crippen LogP contribution in [0.4, 0.5) is 11.4 Å². The van der Waals surface area contributed by atoms with Crippen LogP contribution in [0.15, 0.2) is 102 Å². The van der Waals surface area contributed by atoms with Gasteiger partial charge in [0, 0.05) is 12.6 Å². The lowest BCUT2D eigenvalue weighted by Crippen LogP contribution is -2.48. The summed E-state index contributed by atoms with van der Waals surface area (Å²) in [6, 6.07) is 26.5. The third-order valence-electron chi connectivity index (χ3n) is 6.43. The van der Waals surface area contributed by atoms with Crippen LogP contribution < -0.4 is 10.1 Å². The number of ether oxygens (including phenoxy) is 1. The summed E-state index contributed by atoms with van der Waals surface area (Å²) in [5, 5.41) is 12.7. The molecule has 1 aliphatic heterocycles. The zero-order valence-corrected chi connectivity index (χ0v) is 21.1. The number of rotatable bonds is 8. The number of aromatic hydroxyl groups is 1. The predicted molar refractivity (Wildman–Crippen MR) is 148 cm³/mol. The molecule has 1 aliphatic rings. The van der Waals surface area contributed by atoms with Gasteiger partial charge < -0.3 is 15.2 Å². The molecule has 8 heteroatoms. The number of methoxy groups -OCH3 is 1. The third kappa shape index (κ3) is 5.26. The molecule has 0 bridgehead atoms. The van der Waals surface area contributed by atoms with Gasteiger partial charge in [-0.3, -0.25) is 24.3 Å². The Bertz CT molecular complexity index is 1550. The normalized spacial score (nSPS) is 13.4. The van der Waals surface area contributed by atoms with E-state index in [1.807, 2.05) is 30.3 Å². The fourth-order valence-corrected chi connectivity index (χ4v) is 4.46. The second-order valence-corrected chi connectivity index (χ2v) is 8.93. The minimum Gasteiger partial charge on any atom is -0.504 e. The van der Waals surface area contributed by atoms with E-state index in [9.17, 15) is 19.5 Å². The Morgan fingerprint density at radius 3 is 2.26 bits per heavy atom. The van der Waals surface area contributed by atoms with Crippen molar-refractivity contribution in [3.05, 3.63) is 119 Å². The van der Waals surface area contributed by atoms with Gasteiger partial charge in [-0.25, -0.2) is 0 Å². The number of benzene rings is 4. The van der Waals surface area contributed by atoms with Crippen LogP contribution in [-0.2, 0) is 11.2 Å². The molecule has 1 atom stereocenters. The number of imide groups is 1. The minimum atomic E-state index is -1.09. The summed E-state index contributed by atoms with van der Waals surface area (Å²) in [5.74, 6) is -1.19. The van der Waals surface area contributed by atoms with Crippen molar-refractivity contribution in [2.24, 2.45) is 4.99 Å². The number of nitrogens with zero attached hydrogens (tertiary/aromatic N) is 2. The van der Waals surface area contributed by atoms with E-state index in [-0.39, 0.29) is 23.3 Å². The highest BCUT2D eigenvalue weighted by molar-refractivity contribution is 6.23. The number of phenols is 1. The fraction of sp³-hybridized carbons (Fsp3) is 0.0968. The van der Waals surface area contributed by atoms with Gasteiger partial charge in [-0.05, 0) is 53.6 Å². The van der Waals surface area contributed by atoms with Crippen molar-refractivity contribution in [1.29, 1.82) is 0 Å². The van der Waals surface area contributed by atoms with Gasteiger partial charge in [0.25, 0.3) is 11.8 Å². The lowest BCUT2D eigenvalue weighted by atomic mass is 10.0. The van der Waals surface area contributed by atoms with Gasteiger partial charge in [-0.2, -0.15) is 0 Å². The molecule has 1 heterocycles. The van der Waals surface area contributed by atoms with E-state index < -0.39 is 23.8 Å². The summed E-state index contributed by atoms with van der Waals surface area (Å²) in [7, 11) is 1.46. The highest BCUT2D eigenvalue weighted by Gasteiger charge is 2.42. The van der Waals surface area contributed by atoms with Gasteiger partial charge in [0.2, 0.25) is 5.91 Å². The molecule has 0 fully saturated rings. The number of hydrogen-bond acceptors (Lipinski definition) is 6. The molecular weight excluding hydrogens is 494 g/mol. The SMILES string of the molecule is COc1cc(C=Nc2ccccc2NC(=O)[C@@H](Cc2ccccc2)N2C(=O)c3ccccc3C2=O)ccc1O. The van der Waals surface area contributed by atoms with Crippen LogP contribution >= 0.6 is 0 Å². The van der Waals surface area contributed by atoms with Crippen molar-refractivity contribution in [2.75, 3.05) is 12.4 Å². The number of fused-ring (bicyclic) bond motifs is 1. The van der Waals surface area contributed by atoms with Gasteiger partial charge >= 0.3 is 0 Å². The van der Waals surface area contributed by atoms with Crippen molar-refractivity contribution in [3.8, 4) is 11.5 Å². The zero-order chi connectivity index (χ0) is 27.4. The quantitative estimate of drug-likeness (QED) is 0.252. The Balaban J connectivity index is 1.44. The number of nitrogens with one attached hydrogen (secondary N) is 1. The molecule has 0 spiro atoms. The standard InChI is InChI=1S/C31H25N3O5/c1-39-28-18-21(15-16-27(28)35)19-32-24-13-7-8-14-25(24)33-29(36)26(17-20-9-3-2-4-10-20)34-30(37)22-11-5-6-12-23(22)31(34)38/h2-16,18-19,26,35H,17H2,1H3,(H,33,36)/t26-/m1/s1. The van der Waals surface area contributed by atoms with E-state index in [1.165, 1.54) is 13.2 Å². The van der Waals surface area contributed by atoms with E-state index in [4.69, 9.17) is 4.74 Å². The first-order valence-electron chi connectivity index (χ1n) is 12.3. The average Bonchev–Trinajstić information content (AvgIpc) is 3.22. The molecule has 0 aliphatic carbocycles. The topological polar surface area (TPSA) is 108 Å². The van der Waals surface area contributed by atoms with Gasteiger partial charge in [0.1, 0.15) is 6.04 Å². The molecule has 3 amide bonds. The van der Waals surface area contributed by atoms with Crippen LogP contribution in [0.1, 0.15) is 31.8 Å². The number of para-hydroxylation sites is 2. The molecule has 39 heavy (non-hydrogen) atoms. The van der Waals surface area contributed by atoms with E-state index in [1.54, 1.807) is 66.9 Å². The van der Waals surface area contributed by atoms with Gasteiger partial charge in [0.15, 0.2) is 11.5 Å². The second kappa shape index (κ2) is 11.0.